The SMILES string of the molecule is COc1cccc(C(=O)Nc2cc(-c3cccs3)nn2-c2nc(C)cc(=O)[nH]2)c1. The smallest absolute Gasteiger partial charge is 0.256 e. The zero-order valence-electron chi connectivity index (χ0n) is 15.7. The lowest BCUT2D eigenvalue weighted by Crippen LogP contribution is -2.18. The number of rotatable bonds is 5. The molecule has 4 aromatic rings. The number of hydrogen-bond donors (Lipinski definition) is 2. The maximum absolute atomic E-state index is 12.8. The van der Waals surface area contributed by atoms with E-state index in [0.29, 0.717) is 28.5 Å². The second-order valence-corrected chi connectivity index (χ2v) is 7.15. The molecular formula is C20H17N5O3S. The molecule has 1 aromatic carbocycles. The zero-order valence-corrected chi connectivity index (χ0v) is 16.5. The molecule has 4 rings (SSSR count). The van der Waals surface area contributed by atoms with E-state index in [9.17, 15) is 9.59 Å². The highest BCUT2D eigenvalue weighted by Gasteiger charge is 2.17. The number of methoxy groups -OCH3 is 1. The molecule has 0 saturated heterocycles. The van der Waals surface area contributed by atoms with Crippen molar-refractivity contribution in [2.24, 2.45) is 0 Å². The largest absolute Gasteiger partial charge is 0.497 e. The summed E-state index contributed by atoms with van der Waals surface area (Å²) in [4.78, 5) is 32.6. The number of carbonyl (C=O) groups excluding carboxylic acids is 1. The van der Waals surface area contributed by atoms with Gasteiger partial charge in [0.2, 0.25) is 5.95 Å². The van der Waals surface area contributed by atoms with Crippen LogP contribution in [0.2, 0.25) is 0 Å². The van der Waals surface area contributed by atoms with Crippen LogP contribution in [0.3, 0.4) is 0 Å². The molecule has 0 atom stereocenters. The van der Waals surface area contributed by atoms with Crippen LogP contribution in [0.4, 0.5) is 5.82 Å². The number of aryl methyl sites for hydroxylation is 1. The molecule has 29 heavy (non-hydrogen) atoms. The number of anilines is 1. The third kappa shape index (κ3) is 3.94. The van der Waals surface area contributed by atoms with Gasteiger partial charge in [0.25, 0.3) is 11.5 Å². The number of nitrogens with zero attached hydrogens (tertiary/aromatic N) is 3. The minimum atomic E-state index is -0.335. The first-order valence-corrected chi connectivity index (χ1v) is 9.59. The van der Waals surface area contributed by atoms with Gasteiger partial charge in [0, 0.05) is 23.4 Å². The number of ether oxygens (including phenoxy) is 1. The summed E-state index contributed by atoms with van der Waals surface area (Å²) in [5.74, 6) is 0.849. The number of thiophene rings is 1. The third-order valence-electron chi connectivity index (χ3n) is 4.11. The highest BCUT2D eigenvalue weighted by Crippen LogP contribution is 2.27. The fourth-order valence-electron chi connectivity index (χ4n) is 2.79. The molecule has 0 aliphatic carbocycles. The monoisotopic (exact) mass is 407 g/mol. The first-order chi connectivity index (χ1) is 14.0. The van der Waals surface area contributed by atoms with Crippen molar-refractivity contribution < 1.29 is 9.53 Å². The van der Waals surface area contributed by atoms with Gasteiger partial charge in [-0.05, 0) is 36.6 Å². The van der Waals surface area contributed by atoms with Crippen LogP contribution in [0, 0.1) is 6.92 Å². The van der Waals surface area contributed by atoms with Crippen LogP contribution in [0.15, 0.2) is 58.7 Å². The Balaban J connectivity index is 1.76. The van der Waals surface area contributed by atoms with Crippen molar-refractivity contribution in [3.63, 3.8) is 0 Å². The lowest BCUT2D eigenvalue weighted by Gasteiger charge is -2.09. The molecule has 0 aliphatic heterocycles. The second kappa shape index (κ2) is 7.72. The van der Waals surface area contributed by atoms with Crippen LogP contribution in [0.5, 0.6) is 5.75 Å². The number of benzene rings is 1. The maximum Gasteiger partial charge on any atom is 0.256 e. The molecule has 0 fully saturated rings. The summed E-state index contributed by atoms with van der Waals surface area (Å²) in [7, 11) is 1.54. The highest BCUT2D eigenvalue weighted by molar-refractivity contribution is 7.13. The van der Waals surface area contributed by atoms with E-state index in [1.54, 1.807) is 44.4 Å². The van der Waals surface area contributed by atoms with Gasteiger partial charge in [-0.2, -0.15) is 9.78 Å². The van der Waals surface area contributed by atoms with Crippen molar-refractivity contribution >= 4 is 23.1 Å². The van der Waals surface area contributed by atoms with Gasteiger partial charge in [0.05, 0.1) is 12.0 Å². The van der Waals surface area contributed by atoms with Crippen LogP contribution in [0.25, 0.3) is 16.5 Å². The predicted octanol–water partition coefficient (Wildman–Crippen LogP) is 3.25. The van der Waals surface area contributed by atoms with Crippen molar-refractivity contribution in [3.8, 4) is 22.3 Å². The molecule has 0 radical (unpaired) electrons. The first kappa shape index (κ1) is 18.6. The number of hydrogen-bond acceptors (Lipinski definition) is 6. The molecule has 0 unspecified atom stereocenters. The summed E-state index contributed by atoms with van der Waals surface area (Å²) in [6.45, 7) is 1.72. The van der Waals surface area contributed by atoms with E-state index in [4.69, 9.17) is 4.74 Å². The maximum atomic E-state index is 12.8. The van der Waals surface area contributed by atoms with E-state index in [1.807, 2.05) is 17.5 Å². The van der Waals surface area contributed by atoms with Crippen molar-refractivity contribution in [2.75, 3.05) is 12.4 Å². The molecule has 0 aliphatic rings. The van der Waals surface area contributed by atoms with Gasteiger partial charge in [-0.3, -0.25) is 14.6 Å². The molecule has 3 aromatic heterocycles. The molecule has 9 heteroatoms. The number of carbonyl (C=O) groups is 1. The number of H-pyrrole nitrogens is 1. The molecule has 3 heterocycles. The Morgan fingerprint density at radius 3 is 2.79 bits per heavy atom. The average Bonchev–Trinajstić information content (AvgIpc) is 3.37. The third-order valence-corrected chi connectivity index (χ3v) is 5.01. The normalized spacial score (nSPS) is 10.7. The number of aromatic nitrogens is 4. The van der Waals surface area contributed by atoms with E-state index in [-0.39, 0.29) is 17.4 Å². The van der Waals surface area contributed by atoms with Crippen molar-refractivity contribution in [1.29, 1.82) is 0 Å². The topological polar surface area (TPSA) is 102 Å². The summed E-state index contributed by atoms with van der Waals surface area (Å²) in [5, 5.41) is 9.33. The fourth-order valence-corrected chi connectivity index (χ4v) is 3.47. The van der Waals surface area contributed by atoms with Crippen LogP contribution < -0.4 is 15.6 Å². The summed E-state index contributed by atoms with van der Waals surface area (Å²) in [6.07, 6.45) is 0. The summed E-state index contributed by atoms with van der Waals surface area (Å²) in [6, 6.07) is 13.8. The van der Waals surface area contributed by atoms with Crippen LogP contribution >= 0.6 is 11.3 Å². The Hall–Kier alpha value is -3.72. The fraction of sp³-hybridized carbons (Fsp3) is 0.100. The Morgan fingerprint density at radius 1 is 1.21 bits per heavy atom. The van der Waals surface area contributed by atoms with Crippen molar-refractivity contribution in [1.82, 2.24) is 19.7 Å². The lowest BCUT2D eigenvalue weighted by atomic mass is 10.2. The summed E-state index contributed by atoms with van der Waals surface area (Å²) < 4.78 is 6.60. The Bertz CT molecular complexity index is 1230. The van der Waals surface area contributed by atoms with E-state index >= 15 is 0 Å². The molecule has 2 N–H and O–H groups in total. The van der Waals surface area contributed by atoms with Crippen LogP contribution in [-0.4, -0.2) is 32.8 Å². The van der Waals surface area contributed by atoms with Crippen LogP contribution in [-0.2, 0) is 0 Å². The molecule has 0 spiro atoms. The lowest BCUT2D eigenvalue weighted by molar-refractivity contribution is 0.102. The zero-order chi connectivity index (χ0) is 20.4. The van der Waals surface area contributed by atoms with E-state index in [2.05, 4.69) is 20.4 Å². The number of nitrogens with one attached hydrogen (secondary N) is 2. The quantitative estimate of drug-likeness (QED) is 0.529. The molecular weight excluding hydrogens is 390 g/mol. The molecule has 0 saturated carbocycles. The predicted molar refractivity (Wildman–Crippen MR) is 111 cm³/mol. The van der Waals surface area contributed by atoms with Gasteiger partial charge < -0.3 is 10.1 Å². The minimum Gasteiger partial charge on any atom is -0.497 e. The van der Waals surface area contributed by atoms with Gasteiger partial charge in [-0.15, -0.1) is 11.3 Å². The molecule has 1 amide bonds. The number of amides is 1. The Kier molecular flexibility index (Phi) is 4.96. The molecule has 0 bridgehead atoms. The van der Waals surface area contributed by atoms with Gasteiger partial charge in [0.1, 0.15) is 17.3 Å². The average molecular weight is 407 g/mol. The second-order valence-electron chi connectivity index (χ2n) is 6.20. The van der Waals surface area contributed by atoms with Crippen molar-refractivity contribution in [2.45, 2.75) is 6.92 Å². The standard InChI is InChI=1S/C20H17N5O3S/c1-12-9-18(26)23-20(21-12)25-17(11-15(24-25)16-7-4-8-29-16)22-19(27)13-5-3-6-14(10-13)28-2/h3-11H,1-2H3,(H,22,27)(H,21,23,26). The minimum absolute atomic E-state index is 0.221. The molecule has 8 nitrogen and oxygen atoms in total. The van der Waals surface area contributed by atoms with Gasteiger partial charge in [-0.25, -0.2) is 4.98 Å². The van der Waals surface area contributed by atoms with Crippen LogP contribution in [0.1, 0.15) is 16.1 Å². The number of aromatic amines is 1. The summed E-state index contributed by atoms with van der Waals surface area (Å²) in [5.41, 5.74) is 1.33. The van der Waals surface area contributed by atoms with Gasteiger partial charge in [-0.1, -0.05) is 12.1 Å². The van der Waals surface area contributed by atoms with Gasteiger partial charge in [0.15, 0.2) is 0 Å². The summed E-state index contributed by atoms with van der Waals surface area (Å²) >= 11 is 1.52. The first-order valence-electron chi connectivity index (χ1n) is 8.71. The Labute approximate surface area is 169 Å². The Morgan fingerprint density at radius 2 is 2.07 bits per heavy atom. The van der Waals surface area contributed by atoms with Crippen molar-refractivity contribution in [3.05, 3.63) is 75.5 Å². The molecule has 146 valence electrons. The van der Waals surface area contributed by atoms with E-state index in [1.165, 1.54) is 22.1 Å². The highest BCUT2D eigenvalue weighted by atomic mass is 32.1. The van der Waals surface area contributed by atoms with E-state index in [0.717, 1.165) is 4.88 Å². The van der Waals surface area contributed by atoms with E-state index < -0.39 is 0 Å². The van der Waals surface area contributed by atoms with Gasteiger partial charge >= 0.3 is 0 Å².